The van der Waals surface area contributed by atoms with Crippen LogP contribution in [0.15, 0.2) is 59.2 Å². The average Bonchev–Trinajstić information content (AvgIpc) is 3.33. The summed E-state index contributed by atoms with van der Waals surface area (Å²) in [6, 6.07) is 6.89. The number of rotatable bonds is 14. The van der Waals surface area contributed by atoms with E-state index >= 15 is 0 Å². The summed E-state index contributed by atoms with van der Waals surface area (Å²) in [5.74, 6) is 2.06. The molecule has 238 valence electrons. The molecule has 4 heterocycles. The smallest absolute Gasteiger partial charge is 0.118 e. The number of allylic oxidation sites excluding steroid dienone is 5. The van der Waals surface area contributed by atoms with Crippen molar-refractivity contribution < 1.29 is 14.3 Å². The number of anilines is 1. The summed E-state index contributed by atoms with van der Waals surface area (Å²) in [4.78, 5) is 6.14. The Hall–Kier alpha value is -1.73. The molecule has 6 heteroatoms. The molecule has 5 aliphatic rings. The molecular formula is C37H58N3O2S+. The first-order valence-electron chi connectivity index (χ1n) is 17.3. The molecule has 1 aromatic carbocycles. The van der Waals surface area contributed by atoms with E-state index < -0.39 is 6.10 Å². The largest absolute Gasteiger partial charge is 0.494 e. The maximum Gasteiger partial charge on any atom is 0.118 e. The normalized spacial score (nSPS) is 29.5. The molecule has 3 atom stereocenters. The minimum atomic E-state index is -0.400. The Morgan fingerprint density at radius 1 is 1.00 bits per heavy atom. The second kappa shape index (κ2) is 15.0. The van der Waals surface area contributed by atoms with Crippen molar-refractivity contribution in [2.45, 2.75) is 82.1 Å². The van der Waals surface area contributed by atoms with Gasteiger partial charge in [-0.25, -0.2) is 0 Å². The molecule has 0 saturated carbocycles. The number of thioether (sulfide) groups is 1. The summed E-state index contributed by atoms with van der Waals surface area (Å²) in [6.07, 6.45) is 19.9. The minimum Gasteiger partial charge on any atom is -0.494 e. The van der Waals surface area contributed by atoms with Gasteiger partial charge in [0.15, 0.2) is 0 Å². The highest BCUT2D eigenvalue weighted by molar-refractivity contribution is 7.99. The molecule has 6 rings (SSSR count). The van der Waals surface area contributed by atoms with Crippen molar-refractivity contribution in [2.75, 3.05) is 77.2 Å². The number of piperazine rings is 3. The van der Waals surface area contributed by atoms with Gasteiger partial charge in [-0.15, -0.1) is 11.8 Å². The van der Waals surface area contributed by atoms with Gasteiger partial charge in [-0.2, -0.15) is 0 Å². The Morgan fingerprint density at radius 2 is 1.72 bits per heavy atom. The summed E-state index contributed by atoms with van der Waals surface area (Å²) in [6.45, 7) is 14.5. The van der Waals surface area contributed by atoms with Gasteiger partial charge in [0.1, 0.15) is 5.76 Å². The van der Waals surface area contributed by atoms with E-state index in [1.165, 1.54) is 98.5 Å². The van der Waals surface area contributed by atoms with E-state index in [1.807, 2.05) is 11.8 Å². The maximum atomic E-state index is 12.5. The van der Waals surface area contributed by atoms with E-state index in [2.05, 4.69) is 86.3 Å². The lowest BCUT2D eigenvalue weighted by Gasteiger charge is -2.50. The number of aliphatic hydroxyl groups is 1. The molecule has 0 aromatic heterocycles. The monoisotopic (exact) mass is 608 g/mol. The van der Waals surface area contributed by atoms with Crippen LogP contribution in [0, 0.1) is 11.3 Å². The summed E-state index contributed by atoms with van der Waals surface area (Å²) in [5.41, 5.74) is 2.42. The van der Waals surface area contributed by atoms with Crippen molar-refractivity contribution >= 4 is 17.4 Å². The minimum absolute atomic E-state index is 0.0118. The molecule has 5 nitrogen and oxygen atoms in total. The maximum absolute atomic E-state index is 12.5. The number of hydrogen-bond acceptors (Lipinski definition) is 5. The van der Waals surface area contributed by atoms with Gasteiger partial charge in [0, 0.05) is 67.3 Å². The number of benzene rings is 1. The quantitative estimate of drug-likeness (QED) is 0.178. The van der Waals surface area contributed by atoms with E-state index in [0.29, 0.717) is 0 Å². The third-order valence-electron chi connectivity index (χ3n) is 10.9. The van der Waals surface area contributed by atoms with Crippen LogP contribution in [0.2, 0.25) is 0 Å². The van der Waals surface area contributed by atoms with Crippen LogP contribution in [-0.2, 0) is 4.74 Å². The van der Waals surface area contributed by atoms with Crippen molar-refractivity contribution in [3.05, 3.63) is 59.9 Å². The van der Waals surface area contributed by atoms with E-state index in [0.717, 1.165) is 37.4 Å². The SMILES string of the molecule is CCCCC1(CCCC)CSc2ccc(N(C)C)cc2C(C2C=CC=C(OCCCC[N+]34CCN(CC3)CC4)C=C2)C1O. The molecule has 43 heavy (non-hydrogen) atoms. The van der Waals surface area contributed by atoms with Crippen molar-refractivity contribution in [3.63, 3.8) is 0 Å². The predicted octanol–water partition coefficient (Wildman–Crippen LogP) is 7.24. The Bertz CT molecular complexity index is 1110. The number of unbranched alkanes of at least 4 members (excludes halogenated alkanes) is 3. The summed E-state index contributed by atoms with van der Waals surface area (Å²) in [5, 5.41) is 12.5. The molecular weight excluding hydrogens is 550 g/mol. The van der Waals surface area contributed by atoms with Gasteiger partial charge in [-0.05, 0) is 61.6 Å². The van der Waals surface area contributed by atoms with Gasteiger partial charge in [0.05, 0.1) is 38.9 Å². The second-order valence-electron chi connectivity index (χ2n) is 14.0. The highest BCUT2D eigenvalue weighted by Crippen LogP contribution is 2.52. The standard InChI is InChI=1S/C37H58N3O2S/c1-5-7-18-37(19-8-6-2)29-43-34-17-15-31(38(3)4)28-33(34)35(36(37)41)30-12-11-13-32(16-14-30)42-27-10-9-23-40-24-20-39(21-25-40)22-26-40/h11-17,28,30,35-36,41H,5-10,18-27,29H2,1-4H3/q+1. The van der Waals surface area contributed by atoms with Gasteiger partial charge in [-0.1, -0.05) is 57.8 Å². The molecule has 4 aliphatic heterocycles. The number of nitrogens with zero attached hydrogens (tertiary/aromatic N) is 3. The van der Waals surface area contributed by atoms with Gasteiger partial charge in [-0.3, -0.25) is 4.90 Å². The molecule has 0 amide bonds. The third kappa shape index (κ3) is 7.74. The van der Waals surface area contributed by atoms with Crippen LogP contribution in [0.1, 0.15) is 76.7 Å². The van der Waals surface area contributed by atoms with E-state index in [1.54, 1.807) is 0 Å². The van der Waals surface area contributed by atoms with Crippen LogP contribution in [0.25, 0.3) is 0 Å². The van der Waals surface area contributed by atoms with Gasteiger partial charge in [0.25, 0.3) is 0 Å². The molecule has 3 unspecified atom stereocenters. The van der Waals surface area contributed by atoms with Crippen molar-refractivity contribution in [1.29, 1.82) is 0 Å². The first-order valence-corrected chi connectivity index (χ1v) is 18.3. The lowest BCUT2D eigenvalue weighted by atomic mass is 9.66. The highest BCUT2D eigenvalue weighted by Gasteiger charge is 2.46. The Kier molecular flexibility index (Phi) is 11.4. The molecule has 3 fully saturated rings. The fraction of sp³-hybridized carbons (Fsp3) is 0.676. The van der Waals surface area contributed by atoms with E-state index in [4.69, 9.17) is 4.74 Å². The molecule has 0 radical (unpaired) electrons. The van der Waals surface area contributed by atoms with Gasteiger partial charge in [0.2, 0.25) is 0 Å². The third-order valence-corrected chi connectivity index (χ3v) is 12.3. The Morgan fingerprint density at radius 3 is 2.40 bits per heavy atom. The number of quaternary nitrogens is 1. The zero-order valence-electron chi connectivity index (χ0n) is 27.5. The molecule has 3 saturated heterocycles. The number of aliphatic hydroxyl groups excluding tert-OH is 1. The molecule has 1 aromatic rings. The first-order chi connectivity index (χ1) is 20.9. The topological polar surface area (TPSA) is 35.9 Å². The number of fused-ring (bicyclic) bond motifs is 4. The Labute approximate surface area is 266 Å². The Balaban J connectivity index is 1.29. The predicted molar refractivity (Wildman–Crippen MR) is 183 cm³/mol. The number of hydrogen-bond donors (Lipinski definition) is 1. The van der Waals surface area contributed by atoms with Crippen molar-refractivity contribution in [1.82, 2.24) is 4.90 Å². The fourth-order valence-corrected chi connectivity index (χ4v) is 9.28. The van der Waals surface area contributed by atoms with Crippen LogP contribution in [0.3, 0.4) is 0 Å². The first kappa shape index (κ1) is 32.7. The van der Waals surface area contributed by atoms with Gasteiger partial charge < -0.3 is 19.2 Å². The summed E-state index contributed by atoms with van der Waals surface area (Å²) in [7, 11) is 4.22. The zero-order chi connectivity index (χ0) is 30.3. The molecule has 2 bridgehead atoms. The lowest BCUT2D eigenvalue weighted by molar-refractivity contribution is -0.941. The van der Waals surface area contributed by atoms with Crippen molar-refractivity contribution in [2.24, 2.45) is 11.3 Å². The van der Waals surface area contributed by atoms with Crippen LogP contribution in [-0.4, -0.2) is 92.9 Å². The second-order valence-corrected chi connectivity index (χ2v) is 15.0. The summed E-state index contributed by atoms with van der Waals surface area (Å²) < 4.78 is 7.65. The highest BCUT2D eigenvalue weighted by atomic mass is 32.2. The molecule has 0 spiro atoms. The summed E-state index contributed by atoms with van der Waals surface area (Å²) >= 11 is 1.98. The lowest BCUT2D eigenvalue weighted by Crippen LogP contribution is -2.67. The molecule has 1 N–H and O–H groups in total. The zero-order valence-corrected chi connectivity index (χ0v) is 28.3. The van der Waals surface area contributed by atoms with Crippen LogP contribution < -0.4 is 4.90 Å². The fourth-order valence-electron chi connectivity index (χ4n) is 7.85. The van der Waals surface area contributed by atoms with Crippen LogP contribution >= 0.6 is 11.8 Å². The molecule has 1 aliphatic carbocycles. The van der Waals surface area contributed by atoms with Crippen LogP contribution in [0.4, 0.5) is 5.69 Å². The van der Waals surface area contributed by atoms with Crippen molar-refractivity contribution in [3.8, 4) is 0 Å². The van der Waals surface area contributed by atoms with Gasteiger partial charge >= 0.3 is 0 Å². The number of ether oxygens (including phenoxy) is 1. The average molecular weight is 609 g/mol. The van der Waals surface area contributed by atoms with Crippen LogP contribution in [0.5, 0.6) is 0 Å². The van der Waals surface area contributed by atoms with E-state index in [-0.39, 0.29) is 17.3 Å². The van der Waals surface area contributed by atoms with E-state index in [9.17, 15) is 5.11 Å².